The topological polar surface area (TPSA) is 92.8 Å². The van der Waals surface area contributed by atoms with Gasteiger partial charge in [0.25, 0.3) is 5.91 Å². The molecule has 0 aromatic heterocycles. The first-order chi connectivity index (χ1) is 12.6. The van der Waals surface area contributed by atoms with Gasteiger partial charge in [0.1, 0.15) is 5.60 Å². The lowest BCUT2D eigenvalue weighted by molar-refractivity contribution is -0.150. The zero-order valence-corrected chi connectivity index (χ0v) is 16.7. The van der Waals surface area contributed by atoms with Crippen LogP contribution in [0.3, 0.4) is 0 Å². The van der Waals surface area contributed by atoms with Crippen molar-refractivity contribution in [2.45, 2.75) is 31.9 Å². The monoisotopic (exact) mass is 412 g/mol. The average Bonchev–Trinajstić information content (AvgIpc) is 2.83. The Balaban J connectivity index is 1.78. The van der Waals surface area contributed by atoms with Gasteiger partial charge >= 0.3 is 5.97 Å². The molecular weight excluding hydrogens is 392 g/mol. The van der Waals surface area contributed by atoms with Crippen LogP contribution in [0.2, 0.25) is 5.02 Å². The van der Waals surface area contributed by atoms with Gasteiger partial charge in [0, 0.05) is 43.1 Å². The van der Waals surface area contributed by atoms with Crippen molar-refractivity contribution in [2.24, 2.45) is 0 Å². The SMILES string of the molecule is CC1=C(C(=O)NCc2ccccc2Cl)C2(CCN(S(C)(=O)=O)CC2)OC1=O. The first-order valence-corrected chi connectivity index (χ1v) is 10.8. The lowest BCUT2D eigenvalue weighted by atomic mass is 9.83. The molecule has 146 valence electrons. The smallest absolute Gasteiger partial charge is 0.335 e. The Hall–Kier alpha value is -1.90. The molecule has 1 saturated heterocycles. The number of hydrogen-bond acceptors (Lipinski definition) is 5. The molecule has 9 heteroatoms. The predicted octanol–water partition coefficient (Wildman–Crippen LogP) is 1.62. The Morgan fingerprint density at radius 2 is 1.93 bits per heavy atom. The van der Waals surface area contributed by atoms with Gasteiger partial charge in [-0.1, -0.05) is 29.8 Å². The van der Waals surface area contributed by atoms with Crippen LogP contribution in [0.25, 0.3) is 0 Å². The van der Waals surface area contributed by atoms with Gasteiger partial charge in [0.2, 0.25) is 10.0 Å². The van der Waals surface area contributed by atoms with E-state index in [2.05, 4.69) is 5.32 Å². The van der Waals surface area contributed by atoms with Crippen LogP contribution in [0.4, 0.5) is 0 Å². The van der Waals surface area contributed by atoms with Gasteiger partial charge in [-0.05, 0) is 18.6 Å². The van der Waals surface area contributed by atoms with E-state index in [9.17, 15) is 18.0 Å². The molecular formula is C18H21ClN2O5S. The van der Waals surface area contributed by atoms with Crippen LogP contribution in [-0.4, -0.2) is 49.5 Å². The van der Waals surface area contributed by atoms with E-state index in [1.807, 2.05) is 6.07 Å². The fraction of sp³-hybridized carbons (Fsp3) is 0.444. The number of rotatable bonds is 4. The molecule has 1 amide bonds. The van der Waals surface area contributed by atoms with E-state index in [-0.39, 0.29) is 43.6 Å². The number of ether oxygens (including phenoxy) is 1. The maximum absolute atomic E-state index is 12.9. The van der Waals surface area contributed by atoms with Gasteiger partial charge in [-0.2, -0.15) is 0 Å². The predicted molar refractivity (Wildman–Crippen MR) is 100 cm³/mol. The molecule has 1 aromatic rings. The number of nitrogens with one attached hydrogen (secondary N) is 1. The van der Waals surface area contributed by atoms with Crippen molar-refractivity contribution in [1.29, 1.82) is 0 Å². The van der Waals surface area contributed by atoms with Crippen molar-refractivity contribution in [3.63, 3.8) is 0 Å². The van der Waals surface area contributed by atoms with Gasteiger partial charge < -0.3 is 10.1 Å². The molecule has 1 N–H and O–H groups in total. The third kappa shape index (κ3) is 3.88. The van der Waals surface area contributed by atoms with Crippen LogP contribution in [0.5, 0.6) is 0 Å². The first-order valence-electron chi connectivity index (χ1n) is 8.55. The third-order valence-electron chi connectivity index (χ3n) is 5.05. The summed E-state index contributed by atoms with van der Waals surface area (Å²) in [6, 6.07) is 7.16. The van der Waals surface area contributed by atoms with Gasteiger partial charge in [-0.15, -0.1) is 0 Å². The highest BCUT2D eigenvalue weighted by Gasteiger charge is 2.51. The molecule has 0 radical (unpaired) electrons. The second-order valence-corrected chi connectivity index (χ2v) is 9.21. The molecule has 1 spiro atoms. The summed E-state index contributed by atoms with van der Waals surface area (Å²) in [5.74, 6) is -0.934. The zero-order valence-electron chi connectivity index (χ0n) is 15.1. The van der Waals surface area contributed by atoms with E-state index in [0.717, 1.165) is 11.8 Å². The summed E-state index contributed by atoms with van der Waals surface area (Å²) in [7, 11) is -3.33. The fourth-order valence-corrected chi connectivity index (χ4v) is 4.61. The minimum atomic E-state index is -3.33. The largest absolute Gasteiger partial charge is 0.450 e. The minimum Gasteiger partial charge on any atom is -0.450 e. The number of halogens is 1. The fourth-order valence-electron chi connectivity index (χ4n) is 3.56. The van der Waals surface area contributed by atoms with Crippen molar-refractivity contribution >= 4 is 33.5 Å². The molecule has 2 heterocycles. The molecule has 0 atom stereocenters. The minimum absolute atomic E-state index is 0.195. The summed E-state index contributed by atoms with van der Waals surface area (Å²) in [4.78, 5) is 25.0. The molecule has 0 bridgehead atoms. The van der Waals surface area contributed by atoms with Crippen LogP contribution in [0, 0.1) is 0 Å². The molecule has 0 aliphatic carbocycles. The van der Waals surface area contributed by atoms with Crippen LogP contribution < -0.4 is 5.32 Å². The Morgan fingerprint density at radius 3 is 2.52 bits per heavy atom. The van der Waals surface area contributed by atoms with Gasteiger partial charge in [-0.3, -0.25) is 4.79 Å². The number of benzene rings is 1. The zero-order chi connectivity index (χ0) is 19.8. The van der Waals surface area contributed by atoms with Crippen LogP contribution in [0.15, 0.2) is 35.4 Å². The number of carbonyl (C=O) groups is 2. The Labute approximate surface area is 163 Å². The Kier molecular flexibility index (Phi) is 5.33. The molecule has 2 aliphatic rings. The Bertz CT molecular complexity index is 917. The molecule has 1 fully saturated rings. The van der Waals surface area contributed by atoms with Gasteiger partial charge in [0.05, 0.1) is 11.8 Å². The molecule has 1 aromatic carbocycles. The molecule has 7 nitrogen and oxygen atoms in total. The number of piperidine rings is 1. The number of carbonyl (C=O) groups excluding carboxylic acids is 2. The van der Waals surface area contributed by atoms with Crippen molar-refractivity contribution < 1.29 is 22.7 Å². The van der Waals surface area contributed by atoms with Crippen molar-refractivity contribution in [3.8, 4) is 0 Å². The highest BCUT2D eigenvalue weighted by molar-refractivity contribution is 7.88. The number of hydrogen-bond donors (Lipinski definition) is 1. The standard InChI is InChI=1S/C18H21ClN2O5S/c1-12-15(16(22)20-11-13-5-3-4-6-14(13)19)18(26-17(12)23)7-9-21(10-8-18)27(2,24)25/h3-6H,7-11H2,1-2H3,(H,20,22). The molecule has 2 aliphatic heterocycles. The summed E-state index contributed by atoms with van der Waals surface area (Å²) in [5.41, 5.74) is 0.233. The van der Waals surface area contributed by atoms with Crippen LogP contribution in [-0.2, 0) is 30.9 Å². The van der Waals surface area contributed by atoms with E-state index in [1.54, 1.807) is 25.1 Å². The molecule has 3 rings (SSSR count). The van der Waals surface area contributed by atoms with E-state index in [4.69, 9.17) is 16.3 Å². The van der Waals surface area contributed by atoms with Crippen molar-refractivity contribution in [1.82, 2.24) is 9.62 Å². The number of nitrogens with zero attached hydrogens (tertiary/aromatic N) is 1. The highest BCUT2D eigenvalue weighted by atomic mass is 35.5. The third-order valence-corrected chi connectivity index (χ3v) is 6.72. The van der Waals surface area contributed by atoms with E-state index in [0.29, 0.717) is 5.02 Å². The molecule has 0 saturated carbocycles. The van der Waals surface area contributed by atoms with Crippen LogP contribution >= 0.6 is 11.6 Å². The quantitative estimate of drug-likeness (QED) is 0.758. The summed E-state index contributed by atoms with van der Waals surface area (Å²) in [6.45, 7) is 2.17. The summed E-state index contributed by atoms with van der Waals surface area (Å²) < 4.78 is 30.4. The first kappa shape index (κ1) is 19.9. The van der Waals surface area contributed by atoms with Crippen LogP contribution in [0.1, 0.15) is 25.3 Å². The summed E-state index contributed by atoms with van der Waals surface area (Å²) >= 11 is 6.12. The molecule has 27 heavy (non-hydrogen) atoms. The van der Waals surface area contributed by atoms with Crippen molar-refractivity contribution in [3.05, 3.63) is 46.0 Å². The highest BCUT2D eigenvalue weighted by Crippen LogP contribution is 2.41. The van der Waals surface area contributed by atoms with Gasteiger partial charge in [0.15, 0.2) is 0 Å². The number of esters is 1. The lowest BCUT2D eigenvalue weighted by Gasteiger charge is -2.38. The van der Waals surface area contributed by atoms with E-state index >= 15 is 0 Å². The molecule has 0 unspecified atom stereocenters. The second-order valence-electron chi connectivity index (χ2n) is 6.82. The summed E-state index contributed by atoms with van der Waals surface area (Å²) in [5, 5.41) is 3.34. The second kappa shape index (κ2) is 7.26. The van der Waals surface area contributed by atoms with E-state index < -0.39 is 27.5 Å². The maximum Gasteiger partial charge on any atom is 0.335 e. The lowest BCUT2D eigenvalue weighted by Crippen LogP contribution is -2.50. The van der Waals surface area contributed by atoms with Crippen molar-refractivity contribution in [2.75, 3.05) is 19.3 Å². The average molecular weight is 413 g/mol. The maximum atomic E-state index is 12.9. The normalized spacial score (nSPS) is 20.0. The number of sulfonamides is 1. The van der Waals surface area contributed by atoms with Gasteiger partial charge in [-0.25, -0.2) is 17.5 Å². The van der Waals surface area contributed by atoms with E-state index in [1.165, 1.54) is 4.31 Å². The Morgan fingerprint density at radius 1 is 1.30 bits per heavy atom. The summed E-state index contributed by atoms with van der Waals surface area (Å²) in [6.07, 6.45) is 1.64. The number of amides is 1.